The van der Waals surface area contributed by atoms with Gasteiger partial charge in [-0.15, -0.1) is 0 Å². The highest BCUT2D eigenvalue weighted by atomic mass is 19.1. The Kier molecular flexibility index (Phi) is 5.23. The maximum Gasteiger partial charge on any atom is 0.309 e. The van der Waals surface area contributed by atoms with Crippen molar-refractivity contribution in [3.63, 3.8) is 0 Å². The fraction of sp³-hybridized carbons (Fsp3) is 0.500. The number of hydrogen-bond acceptors (Lipinski definition) is 4. The van der Waals surface area contributed by atoms with Crippen molar-refractivity contribution in [1.29, 1.82) is 0 Å². The Labute approximate surface area is 121 Å². The Morgan fingerprint density at radius 3 is 2.62 bits per heavy atom. The molecule has 0 bridgehead atoms. The van der Waals surface area contributed by atoms with E-state index in [4.69, 9.17) is 9.84 Å². The normalized spacial score (nSPS) is 11.2. The lowest BCUT2D eigenvalue weighted by Gasteiger charge is -2.18. The second kappa shape index (κ2) is 6.51. The van der Waals surface area contributed by atoms with Crippen LogP contribution in [0.15, 0.2) is 12.1 Å². The van der Waals surface area contributed by atoms with Gasteiger partial charge in [-0.3, -0.25) is 14.9 Å². The Bertz CT molecular complexity index is 557. The average Bonchev–Trinajstić information content (AvgIpc) is 2.37. The summed E-state index contributed by atoms with van der Waals surface area (Å²) in [5, 5.41) is 19.6. The number of hydrogen-bond donors (Lipinski definition) is 1. The van der Waals surface area contributed by atoms with Crippen molar-refractivity contribution >= 4 is 11.7 Å². The molecule has 0 aliphatic heterocycles. The van der Waals surface area contributed by atoms with Gasteiger partial charge in [0.25, 0.3) is 5.69 Å². The van der Waals surface area contributed by atoms with Crippen LogP contribution in [0.3, 0.4) is 0 Å². The van der Waals surface area contributed by atoms with Gasteiger partial charge in [0.1, 0.15) is 0 Å². The van der Waals surface area contributed by atoms with Gasteiger partial charge in [-0.1, -0.05) is 0 Å². The summed E-state index contributed by atoms with van der Waals surface area (Å²) in [6.07, 6.45) is 0.824. The highest BCUT2D eigenvalue weighted by Crippen LogP contribution is 2.28. The van der Waals surface area contributed by atoms with E-state index in [-0.39, 0.29) is 18.0 Å². The molecule has 7 heteroatoms. The van der Waals surface area contributed by atoms with Crippen LogP contribution in [-0.2, 0) is 4.79 Å². The van der Waals surface area contributed by atoms with Crippen LogP contribution >= 0.6 is 0 Å². The van der Waals surface area contributed by atoms with Crippen molar-refractivity contribution in [2.24, 2.45) is 5.41 Å². The largest absolute Gasteiger partial charge is 0.491 e. The van der Waals surface area contributed by atoms with E-state index < -0.39 is 22.1 Å². The molecule has 0 spiro atoms. The van der Waals surface area contributed by atoms with Crippen molar-refractivity contribution in [2.45, 2.75) is 33.6 Å². The first-order valence-electron chi connectivity index (χ1n) is 6.46. The van der Waals surface area contributed by atoms with Gasteiger partial charge in [-0.25, -0.2) is 4.39 Å². The van der Waals surface area contributed by atoms with E-state index in [0.717, 1.165) is 6.07 Å². The highest BCUT2D eigenvalue weighted by molar-refractivity contribution is 5.73. The zero-order valence-electron chi connectivity index (χ0n) is 12.2. The van der Waals surface area contributed by atoms with E-state index in [1.165, 1.54) is 13.0 Å². The summed E-state index contributed by atoms with van der Waals surface area (Å²) in [5.74, 6) is -1.77. The van der Waals surface area contributed by atoms with Gasteiger partial charge < -0.3 is 9.84 Å². The third-order valence-electron chi connectivity index (χ3n) is 3.23. The molecule has 0 aromatic heterocycles. The number of halogens is 1. The maximum atomic E-state index is 13.7. The number of nitro benzene ring substituents is 1. The van der Waals surface area contributed by atoms with Crippen LogP contribution in [0.5, 0.6) is 5.75 Å². The van der Waals surface area contributed by atoms with Crippen molar-refractivity contribution in [3.8, 4) is 5.75 Å². The summed E-state index contributed by atoms with van der Waals surface area (Å²) in [7, 11) is 0. The number of ether oxygens (including phenoxy) is 1. The maximum absolute atomic E-state index is 13.7. The monoisotopic (exact) mass is 299 g/mol. The SMILES string of the molecule is Cc1cc(OCCCC(C)(C)C(=O)O)c(F)cc1[N+](=O)[O-]. The average molecular weight is 299 g/mol. The third-order valence-corrected chi connectivity index (χ3v) is 3.23. The number of benzene rings is 1. The molecule has 0 fully saturated rings. The molecule has 116 valence electrons. The zero-order valence-corrected chi connectivity index (χ0v) is 12.2. The minimum Gasteiger partial charge on any atom is -0.491 e. The highest BCUT2D eigenvalue weighted by Gasteiger charge is 2.26. The summed E-state index contributed by atoms with van der Waals surface area (Å²) in [6.45, 7) is 4.85. The summed E-state index contributed by atoms with van der Waals surface area (Å²) in [5.41, 5.74) is -0.859. The van der Waals surface area contributed by atoms with Gasteiger partial charge in [-0.2, -0.15) is 0 Å². The predicted octanol–water partition coefficient (Wildman–Crippen LogP) is 3.31. The van der Waals surface area contributed by atoms with E-state index in [1.807, 2.05) is 0 Å². The molecule has 0 saturated heterocycles. The summed E-state index contributed by atoms with van der Waals surface area (Å²) in [4.78, 5) is 20.9. The van der Waals surface area contributed by atoms with Gasteiger partial charge in [0.05, 0.1) is 23.0 Å². The summed E-state index contributed by atoms with van der Waals surface area (Å²) < 4.78 is 18.9. The second-order valence-corrected chi connectivity index (χ2v) is 5.47. The van der Waals surface area contributed by atoms with Crippen LogP contribution in [0.1, 0.15) is 32.3 Å². The van der Waals surface area contributed by atoms with Crippen LogP contribution in [0.25, 0.3) is 0 Å². The fourth-order valence-electron chi connectivity index (χ4n) is 1.76. The zero-order chi connectivity index (χ0) is 16.2. The van der Waals surface area contributed by atoms with Crippen molar-refractivity contribution in [3.05, 3.63) is 33.6 Å². The molecule has 1 aromatic carbocycles. The van der Waals surface area contributed by atoms with Crippen molar-refractivity contribution in [1.82, 2.24) is 0 Å². The minimum absolute atomic E-state index is 0.0637. The molecular formula is C14H18FNO5. The predicted molar refractivity (Wildman–Crippen MR) is 73.9 cm³/mol. The summed E-state index contributed by atoms with van der Waals surface area (Å²) >= 11 is 0. The Morgan fingerprint density at radius 2 is 2.10 bits per heavy atom. The molecule has 0 heterocycles. The number of rotatable bonds is 7. The molecule has 1 N–H and O–H groups in total. The van der Waals surface area contributed by atoms with E-state index in [2.05, 4.69) is 0 Å². The van der Waals surface area contributed by atoms with Crippen LogP contribution in [0.2, 0.25) is 0 Å². The lowest BCUT2D eigenvalue weighted by Crippen LogP contribution is -2.24. The first-order valence-corrected chi connectivity index (χ1v) is 6.46. The molecule has 1 rings (SSSR count). The van der Waals surface area contributed by atoms with E-state index >= 15 is 0 Å². The smallest absolute Gasteiger partial charge is 0.309 e. The summed E-state index contributed by atoms with van der Waals surface area (Å²) in [6, 6.07) is 2.10. The van der Waals surface area contributed by atoms with Crippen molar-refractivity contribution in [2.75, 3.05) is 6.61 Å². The van der Waals surface area contributed by atoms with Gasteiger partial charge >= 0.3 is 5.97 Å². The van der Waals surface area contributed by atoms with Crippen LogP contribution in [0, 0.1) is 28.3 Å². The second-order valence-electron chi connectivity index (χ2n) is 5.47. The molecule has 1 aromatic rings. The molecule has 0 atom stereocenters. The number of carboxylic acids is 1. The lowest BCUT2D eigenvalue weighted by atomic mass is 9.88. The molecule has 0 saturated carbocycles. The molecule has 21 heavy (non-hydrogen) atoms. The van der Waals surface area contributed by atoms with Gasteiger partial charge in [0.15, 0.2) is 11.6 Å². The number of nitrogens with zero attached hydrogens (tertiary/aromatic N) is 1. The number of carboxylic acid groups (broad SMARTS) is 1. The number of nitro groups is 1. The molecular weight excluding hydrogens is 281 g/mol. The van der Waals surface area contributed by atoms with Gasteiger partial charge in [0.2, 0.25) is 0 Å². The number of aliphatic carboxylic acids is 1. The quantitative estimate of drug-likeness (QED) is 0.474. The van der Waals surface area contributed by atoms with Crippen LogP contribution < -0.4 is 4.74 Å². The first kappa shape index (κ1) is 16.9. The minimum atomic E-state index is -0.903. The first-order chi connectivity index (χ1) is 9.65. The molecule has 0 aliphatic carbocycles. The van der Waals surface area contributed by atoms with Crippen LogP contribution in [0.4, 0.5) is 10.1 Å². The topological polar surface area (TPSA) is 89.7 Å². The third kappa shape index (κ3) is 4.40. The molecule has 6 nitrogen and oxygen atoms in total. The molecule has 0 unspecified atom stereocenters. The van der Waals surface area contributed by atoms with E-state index in [9.17, 15) is 19.3 Å². The molecule has 0 amide bonds. The Hall–Kier alpha value is -2.18. The number of aryl methyl sites for hydroxylation is 1. The standard InChI is InChI=1S/C14H18FNO5/c1-9-7-12(10(15)8-11(9)16(19)20)21-6-4-5-14(2,3)13(17)18/h7-8H,4-6H2,1-3H3,(H,17,18). The Morgan fingerprint density at radius 1 is 1.48 bits per heavy atom. The number of carbonyl (C=O) groups is 1. The fourth-order valence-corrected chi connectivity index (χ4v) is 1.76. The van der Waals surface area contributed by atoms with Crippen LogP contribution in [-0.4, -0.2) is 22.6 Å². The van der Waals surface area contributed by atoms with Crippen molar-refractivity contribution < 1.29 is 24.0 Å². The van der Waals surface area contributed by atoms with Gasteiger partial charge in [-0.05, 0) is 39.7 Å². The Balaban J connectivity index is 2.63. The molecule has 0 aliphatic rings. The van der Waals surface area contributed by atoms with Gasteiger partial charge in [0, 0.05) is 5.56 Å². The lowest BCUT2D eigenvalue weighted by molar-refractivity contribution is -0.385. The molecule has 0 radical (unpaired) electrons. The van der Waals surface area contributed by atoms with E-state index in [0.29, 0.717) is 18.4 Å². The van der Waals surface area contributed by atoms with E-state index in [1.54, 1.807) is 13.8 Å².